The molecule has 8 atom stereocenters. The van der Waals surface area contributed by atoms with Crippen molar-refractivity contribution in [3.8, 4) is 0 Å². The van der Waals surface area contributed by atoms with Crippen LogP contribution in [0.5, 0.6) is 0 Å². The van der Waals surface area contributed by atoms with Gasteiger partial charge in [-0.25, -0.2) is 0 Å². The Morgan fingerprint density at radius 1 is 0.704 bits per heavy atom. The lowest BCUT2D eigenvalue weighted by atomic mass is 9.99. The number of amides is 1. The number of ether oxygens (including phenoxy) is 2. The minimum Gasteiger partial charge on any atom is -0.394 e. The van der Waals surface area contributed by atoms with Crippen LogP contribution in [0.4, 0.5) is 0 Å². The summed E-state index contributed by atoms with van der Waals surface area (Å²) in [6, 6.07) is -0.994. The van der Waals surface area contributed by atoms with Gasteiger partial charge in [-0.2, -0.15) is 0 Å². The predicted molar refractivity (Wildman–Crippen MR) is 218 cm³/mol. The highest BCUT2D eigenvalue weighted by molar-refractivity contribution is 5.80. The van der Waals surface area contributed by atoms with Crippen LogP contribution in [-0.2, 0) is 14.3 Å². The van der Waals surface area contributed by atoms with Crippen molar-refractivity contribution in [1.82, 2.24) is 5.32 Å². The number of carbonyl (C=O) groups is 1. The first-order chi connectivity index (χ1) is 26.2. The lowest BCUT2D eigenvalue weighted by Crippen LogP contribution is -2.60. The fourth-order valence-corrected chi connectivity index (χ4v) is 7.01. The molecule has 0 aromatic heterocycles. The molecular formula is C44H83NO9. The molecule has 0 aromatic rings. The Hall–Kier alpha value is -1.37. The number of aliphatic hydroxyl groups excluding tert-OH is 6. The van der Waals surface area contributed by atoms with E-state index in [9.17, 15) is 35.4 Å². The Balaban J connectivity index is 2.52. The minimum absolute atomic E-state index is 0.306. The number of hydrogen-bond acceptors (Lipinski definition) is 9. The van der Waals surface area contributed by atoms with Crippen molar-refractivity contribution in [2.24, 2.45) is 0 Å². The number of rotatable bonds is 35. The fraction of sp³-hybridized carbons (Fsp3) is 0.886. The summed E-state index contributed by atoms with van der Waals surface area (Å²) < 4.78 is 11.1. The van der Waals surface area contributed by atoms with Crippen molar-refractivity contribution in [2.45, 2.75) is 237 Å². The van der Waals surface area contributed by atoms with Crippen LogP contribution in [0.1, 0.15) is 188 Å². The molecule has 0 unspecified atom stereocenters. The number of hydrogen-bond donors (Lipinski definition) is 7. The van der Waals surface area contributed by atoms with Crippen LogP contribution in [0, 0.1) is 0 Å². The monoisotopic (exact) mass is 770 g/mol. The van der Waals surface area contributed by atoms with Gasteiger partial charge in [0.2, 0.25) is 5.91 Å². The van der Waals surface area contributed by atoms with Gasteiger partial charge in [0.25, 0.3) is 0 Å². The number of carbonyl (C=O) groups excluding carboxylic acids is 1. The van der Waals surface area contributed by atoms with Gasteiger partial charge < -0.3 is 45.4 Å². The van der Waals surface area contributed by atoms with Crippen molar-refractivity contribution in [2.75, 3.05) is 13.2 Å². The summed E-state index contributed by atoms with van der Waals surface area (Å²) in [4.78, 5) is 13.0. The van der Waals surface area contributed by atoms with E-state index in [2.05, 4.69) is 32.2 Å². The van der Waals surface area contributed by atoms with Gasteiger partial charge in [-0.3, -0.25) is 4.79 Å². The molecule has 7 N–H and O–H groups in total. The number of aliphatic hydroxyl groups is 6. The summed E-state index contributed by atoms with van der Waals surface area (Å²) in [7, 11) is 0. The summed E-state index contributed by atoms with van der Waals surface area (Å²) in [5.74, 6) is -0.626. The average Bonchev–Trinajstić information content (AvgIpc) is 3.16. The molecule has 1 saturated heterocycles. The van der Waals surface area contributed by atoms with E-state index in [1.54, 1.807) is 6.08 Å². The second-order valence-electron chi connectivity index (χ2n) is 15.8. The van der Waals surface area contributed by atoms with Crippen LogP contribution in [0.25, 0.3) is 0 Å². The van der Waals surface area contributed by atoms with Crippen molar-refractivity contribution < 1.29 is 44.9 Å². The highest BCUT2D eigenvalue weighted by Gasteiger charge is 2.44. The van der Waals surface area contributed by atoms with Gasteiger partial charge in [0.15, 0.2) is 6.29 Å². The van der Waals surface area contributed by atoms with Gasteiger partial charge in [-0.15, -0.1) is 0 Å². The zero-order valence-corrected chi connectivity index (χ0v) is 34.6. The standard InChI is InChI=1S/C44H83NO9/c1-4-6-8-10-12-13-14-15-16-17-18-19-21-23-27-32-38(48)43(52)45-36(34-53-44-42(51)41(50)40(49)39(33-46)54-44)37(47)31-28-24-26-30-35(3)29-25-22-20-11-9-7-5-2/h28,30-31,36-42,44,46-51H,4-27,29,32-34H2,1-3H3,(H,45,52)/b31-28+,35-30+/t36-,37+,38+,39+,40+,41-,42+,44+/m0/s1. The molecular weight excluding hydrogens is 686 g/mol. The van der Waals surface area contributed by atoms with Gasteiger partial charge in [0.05, 0.1) is 25.4 Å². The topological polar surface area (TPSA) is 169 Å². The molecule has 10 heteroatoms. The molecule has 10 nitrogen and oxygen atoms in total. The highest BCUT2D eigenvalue weighted by atomic mass is 16.7. The van der Waals surface area contributed by atoms with Gasteiger partial charge in [0, 0.05) is 0 Å². The highest BCUT2D eigenvalue weighted by Crippen LogP contribution is 2.23. The zero-order valence-electron chi connectivity index (χ0n) is 34.6. The molecule has 1 amide bonds. The molecule has 54 heavy (non-hydrogen) atoms. The second-order valence-corrected chi connectivity index (χ2v) is 15.8. The van der Waals surface area contributed by atoms with E-state index in [0.717, 1.165) is 32.1 Å². The maximum atomic E-state index is 13.0. The molecule has 0 spiro atoms. The molecule has 0 aromatic carbocycles. The van der Waals surface area contributed by atoms with Crippen molar-refractivity contribution in [3.05, 3.63) is 23.8 Å². The summed E-state index contributed by atoms with van der Waals surface area (Å²) in [6.45, 7) is 5.72. The molecule has 1 aliphatic rings. The lowest BCUT2D eigenvalue weighted by molar-refractivity contribution is -0.302. The largest absolute Gasteiger partial charge is 0.394 e. The quantitative estimate of drug-likeness (QED) is 0.0252. The van der Waals surface area contributed by atoms with Crippen LogP contribution < -0.4 is 5.32 Å². The molecule has 0 bridgehead atoms. The third kappa shape index (κ3) is 24.3. The third-order valence-electron chi connectivity index (χ3n) is 10.7. The molecule has 318 valence electrons. The fourth-order valence-electron chi connectivity index (χ4n) is 7.01. The summed E-state index contributed by atoms with van der Waals surface area (Å²) in [6.07, 6.45) is 26.3. The molecule has 0 saturated carbocycles. The van der Waals surface area contributed by atoms with Crippen LogP contribution in [-0.4, -0.2) is 98.7 Å². The molecule has 1 fully saturated rings. The maximum absolute atomic E-state index is 13.0. The first kappa shape index (κ1) is 50.6. The van der Waals surface area contributed by atoms with E-state index < -0.39 is 61.5 Å². The summed E-state index contributed by atoms with van der Waals surface area (Å²) in [5.41, 5.74) is 1.36. The van der Waals surface area contributed by atoms with Crippen LogP contribution in [0.3, 0.4) is 0 Å². The Kier molecular flexibility index (Phi) is 31.6. The van der Waals surface area contributed by atoms with Crippen molar-refractivity contribution >= 4 is 5.91 Å². The molecule has 1 heterocycles. The Morgan fingerprint density at radius 3 is 1.72 bits per heavy atom. The number of unbranched alkanes of at least 4 members (excludes halogenated alkanes) is 21. The third-order valence-corrected chi connectivity index (χ3v) is 10.7. The SMILES string of the molecule is CCCCCCCCCCCCCCCCC[C@@H](O)C(=O)N[C@@H](CO[C@@H]1O[C@H](CO)[C@@H](O)[C@H](O)[C@H]1O)[C@H](O)/C=C/CC/C=C(\C)CCCCCCCCC. The molecule has 1 rings (SSSR count). The van der Waals surface area contributed by atoms with Crippen LogP contribution in [0.2, 0.25) is 0 Å². The van der Waals surface area contributed by atoms with Gasteiger partial charge in [-0.1, -0.05) is 172 Å². The Morgan fingerprint density at radius 2 is 1.20 bits per heavy atom. The molecule has 0 radical (unpaired) electrons. The van der Waals surface area contributed by atoms with Gasteiger partial charge in [0.1, 0.15) is 30.5 Å². The first-order valence-corrected chi connectivity index (χ1v) is 22.1. The van der Waals surface area contributed by atoms with E-state index in [0.29, 0.717) is 19.3 Å². The summed E-state index contributed by atoms with van der Waals surface area (Å²) >= 11 is 0. The van der Waals surface area contributed by atoms with E-state index in [4.69, 9.17) is 9.47 Å². The Bertz CT molecular complexity index is 945. The molecule has 0 aliphatic carbocycles. The van der Waals surface area contributed by atoms with E-state index in [1.807, 2.05) is 6.08 Å². The van der Waals surface area contributed by atoms with Crippen LogP contribution in [0.15, 0.2) is 23.8 Å². The maximum Gasteiger partial charge on any atom is 0.249 e. The smallest absolute Gasteiger partial charge is 0.249 e. The van der Waals surface area contributed by atoms with E-state index in [-0.39, 0.29) is 6.61 Å². The van der Waals surface area contributed by atoms with Crippen LogP contribution >= 0.6 is 0 Å². The minimum atomic E-state index is -1.61. The van der Waals surface area contributed by atoms with Crippen molar-refractivity contribution in [1.29, 1.82) is 0 Å². The van der Waals surface area contributed by atoms with Gasteiger partial charge in [-0.05, 0) is 39.0 Å². The average molecular weight is 770 g/mol. The molecule has 1 aliphatic heterocycles. The first-order valence-electron chi connectivity index (χ1n) is 22.1. The Labute approximate surface area is 329 Å². The van der Waals surface area contributed by atoms with Crippen molar-refractivity contribution in [3.63, 3.8) is 0 Å². The van der Waals surface area contributed by atoms with E-state index in [1.165, 1.54) is 121 Å². The predicted octanol–water partition coefficient (Wildman–Crippen LogP) is 7.69. The number of nitrogens with one attached hydrogen (secondary N) is 1. The lowest BCUT2D eigenvalue weighted by Gasteiger charge is -2.40. The summed E-state index contributed by atoms with van der Waals surface area (Å²) in [5, 5.41) is 64.6. The van der Waals surface area contributed by atoms with E-state index >= 15 is 0 Å². The normalized spacial score (nSPS) is 22.5. The number of allylic oxidation sites excluding steroid dienone is 3. The second kappa shape index (κ2) is 33.7. The zero-order chi connectivity index (χ0) is 39.8. The van der Waals surface area contributed by atoms with Gasteiger partial charge >= 0.3 is 0 Å².